The highest BCUT2D eigenvalue weighted by Gasteiger charge is 2.26. The lowest BCUT2D eigenvalue weighted by atomic mass is 9.86. The van der Waals surface area contributed by atoms with Crippen molar-refractivity contribution in [3.05, 3.63) is 185 Å². The largest absolute Gasteiger partial charge is 0.458 e. The molecule has 0 aliphatic heterocycles. The summed E-state index contributed by atoms with van der Waals surface area (Å²) in [5, 5.41) is 2.34. The number of rotatable bonds is 7. The second kappa shape index (κ2) is 16.1. The van der Waals surface area contributed by atoms with E-state index in [-0.39, 0.29) is 16.2 Å². The van der Waals surface area contributed by atoms with E-state index in [0.29, 0.717) is 0 Å². The number of imidazole rings is 1. The van der Waals surface area contributed by atoms with E-state index in [0.717, 1.165) is 50.8 Å². The maximum absolute atomic E-state index is 6.97. The second-order valence-corrected chi connectivity index (χ2v) is 21.1. The molecular weight excluding hydrogens is 793 g/mol. The Kier molecular flexibility index (Phi) is 10.8. The number of aryl methyl sites for hydroxylation is 4. The van der Waals surface area contributed by atoms with E-state index < -0.39 is 0 Å². The average Bonchev–Trinajstić information content (AvgIpc) is 3.84. The number of ether oxygens (including phenoxy) is 1. The van der Waals surface area contributed by atoms with Gasteiger partial charge in [0.05, 0.1) is 28.1 Å². The summed E-state index contributed by atoms with van der Waals surface area (Å²) >= 11 is 0. The topological polar surface area (TPSA) is 35.9 Å². The Labute approximate surface area is 386 Å². The van der Waals surface area contributed by atoms with Crippen LogP contribution in [0.3, 0.4) is 0 Å². The molecule has 0 amide bonds. The Morgan fingerprint density at radius 2 is 1.12 bits per heavy atom. The maximum atomic E-state index is 6.97. The third-order valence-corrected chi connectivity index (χ3v) is 12.9. The summed E-state index contributed by atoms with van der Waals surface area (Å²) in [5.41, 5.74) is 17.3. The number of nitrogens with zero attached hydrogens (tertiary/aromatic N) is 4. The van der Waals surface area contributed by atoms with Crippen molar-refractivity contribution in [2.24, 2.45) is 0 Å². The van der Waals surface area contributed by atoms with Crippen LogP contribution in [0.1, 0.15) is 101 Å². The Morgan fingerprint density at radius 1 is 0.523 bits per heavy atom. The van der Waals surface area contributed by atoms with Gasteiger partial charge in [-0.25, -0.2) is 4.98 Å². The summed E-state index contributed by atoms with van der Waals surface area (Å²) in [6, 6.07) is 46.2. The first kappa shape index (κ1) is 43.5. The van der Waals surface area contributed by atoms with Crippen molar-refractivity contribution in [1.29, 1.82) is 0 Å². The molecule has 328 valence electrons. The van der Waals surface area contributed by atoms with Gasteiger partial charge in [-0.05, 0) is 166 Å². The van der Waals surface area contributed by atoms with Gasteiger partial charge in [-0.15, -0.1) is 0 Å². The Balaban J connectivity index is 1.20. The number of fused-ring (bicyclic) bond motifs is 3. The number of aromatic nitrogens is 4. The molecule has 65 heavy (non-hydrogen) atoms. The number of hydrogen-bond acceptors (Lipinski definition) is 2. The molecule has 0 radical (unpaired) electrons. The molecule has 0 spiro atoms. The van der Waals surface area contributed by atoms with Gasteiger partial charge in [0.2, 0.25) is 0 Å². The highest BCUT2D eigenvalue weighted by Crippen LogP contribution is 2.39. The molecule has 0 saturated heterocycles. The Hall–Kier alpha value is -6.72. The van der Waals surface area contributed by atoms with Gasteiger partial charge in [0.25, 0.3) is 6.33 Å². The highest BCUT2D eigenvalue weighted by atomic mass is 16.5. The molecule has 5 nitrogen and oxygen atoms in total. The van der Waals surface area contributed by atoms with Crippen molar-refractivity contribution in [2.45, 2.75) is 106 Å². The van der Waals surface area contributed by atoms with Crippen molar-refractivity contribution < 1.29 is 9.30 Å². The summed E-state index contributed by atoms with van der Waals surface area (Å²) in [6.07, 6.45) is 8.04. The van der Waals surface area contributed by atoms with E-state index in [9.17, 15) is 0 Å². The van der Waals surface area contributed by atoms with Crippen LogP contribution in [-0.2, 0) is 16.2 Å². The van der Waals surface area contributed by atoms with Gasteiger partial charge in [-0.1, -0.05) is 117 Å². The monoisotopic (exact) mass is 854 g/mol. The molecule has 0 N–H and O–H groups in total. The minimum atomic E-state index is -0.211. The first-order valence-electron chi connectivity index (χ1n) is 22.9. The predicted octanol–water partition coefficient (Wildman–Crippen LogP) is 15.3. The lowest BCUT2D eigenvalue weighted by Crippen LogP contribution is -2.28. The van der Waals surface area contributed by atoms with E-state index in [2.05, 4.69) is 244 Å². The lowest BCUT2D eigenvalue weighted by molar-refractivity contribution is -0.599. The first-order valence-corrected chi connectivity index (χ1v) is 22.9. The zero-order valence-corrected chi connectivity index (χ0v) is 40.5. The van der Waals surface area contributed by atoms with Crippen molar-refractivity contribution in [3.8, 4) is 50.9 Å². The van der Waals surface area contributed by atoms with Gasteiger partial charge in [-0.2, -0.15) is 0 Å². The van der Waals surface area contributed by atoms with Crippen molar-refractivity contribution in [1.82, 2.24) is 14.1 Å². The predicted molar refractivity (Wildman–Crippen MR) is 271 cm³/mol. The zero-order chi connectivity index (χ0) is 46.2. The smallest absolute Gasteiger partial charge is 0.269 e. The lowest BCUT2D eigenvalue weighted by Gasteiger charge is -2.24. The molecule has 6 aromatic carbocycles. The van der Waals surface area contributed by atoms with E-state index in [4.69, 9.17) is 9.72 Å². The van der Waals surface area contributed by atoms with E-state index in [1.807, 2.05) is 6.20 Å². The van der Waals surface area contributed by atoms with Gasteiger partial charge in [-0.3, -0.25) is 13.7 Å². The molecular formula is C60H62N4O. The summed E-state index contributed by atoms with van der Waals surface area (Å²) in [4.78, 5) is 4.91. The van der Waals surface area contributed by atoms with Crippen LogP contribution in [0.5, 0.6) is 11.5 Å². The van der Waals surface area contributed by atoms with Crippen LogP contribution in [-0.4, -0.2) is 14.1 Å². The van der Waals surface area contributed by atoms with Crippen LogP contribution in [0.15, 0.2) is 140 Å². The third kappa shape index (κ3) is 8.29. The molecule has 5 heteroatoms. The molecule has 0 fully saturated rings. The molecule has 0 unspecified atom stereocenters. The Morgan fingerprint density at radius 3 is 1.72 bits per heavy atom. The van der Waals surface area contributed by atoms with E-state index in [1.54, 1.807) is 0 Å². The number of hydrogen-bond donors (Lipinski definition) is 0. The van der Waals surface area contributed by atoms with Gasteiger partial charge >= 0.3 is 0 Å². The zero-order valence-electron chi connectivity index (χ0n) is 40.5. The van der Waals surface area contributed by atoms with E-state index in [1.165, 1.54) is 61.0 Å². The van der Waals surface area contributed by atoms with Crippen LogP contribution < -0.4 is 9.30 Å². The normalized spacial score (nSPS) is 12.4. The standard InChI is InChI=1S/C60H62N4O/c1-38-18-16-19-39(2)56(38)42-28-43(57-40(3)20-17-21-41(57)4)30-46(29-42)62-36-54(60(11,12)13)63(37-62)47-31-45(59(8,9)10)32-49(34-47)65-48-24-25-51-50-22-14-15-23-52(50)64(53(51)35-48)55-33-44(26-27-61-55)58(5,6)7/h14-36H,1-13H3. The van der Waals surface area contributed by atoms with E-state index >= 15 is 0 Å². The second-order valence-electron chi connectivity index (χ2n) is 21.1. The number of benzene rings is 6. The summed E-state index contributed by atoms with van der Waals surface area (Å²) in [5.74, 6) is 2.42. The molecule has 0 atom stereocenters. The van der Waals surface area contributed by atoms with Crippen LogP contribution in [0.2, 0.25) is 0 Å². The average molecular weight is 855 g/mol. The number of para-hydroxylation sites is 1. The molecule has 0 aliphatic carbocycles. The Bertz CT molecular complexity index is 3170. The van der Waals surface area contributed by atoms with Crippen LogP contribution >= 0.6 is 0 Å². The van der Waals surface area contributed by atoms with Crippen molar-refractivity contribution in [3.63, 3.8) is 0 Å². The molecule has 0 bridgehead atoms. The quantitative estimate of drug-likeness (QED) is 0.118. The molecule has 9 aromatic rings. The molecule has 3 aromatic heterocycles. The fraction of sp³-hybridized carbons (Fsp3) is 0.267. The fourth-order valence-corrected chi connectivity index (χ4v) is 9.42. The van der Waals surface area contributed by atoms with Gasteiger partial charge in [0.1, 0.15) is 17.3 Å². The minimum Gasteiger partial charge on any atom is -0.458 e. The van der Waals surface area contributed by atoms with Crippen LogP contribution in [0.4, 0.5) is 0 Å². The maximum Gasteiger partial charge on any atom is 0.269 e. The first-order chi connectivity index (χ1) is 30.7. The van der Waals surface area contributed by atoms with Crippen molar-refractivity contribution in [2.75, 3.05) is 0 Å². The van der Waals surface area contributed by atoms with Gasteiger partial charge < -0.3 is 4.74 Å². The van der Waals surface area contributed by atoms with Gasteiger partial charge in [0, 0.05) is 29.2 Å². The SMILES string of the molecule is Cc1cccc(C)c1-c1cc(-c2c(C)cccc2C)cc(-[n+]2[c-]n(-c3cc(Oc4ccc5c6ccccc6n(-c6cc(C(C)(C)C)ccn6)c5c4)cc(C(C)(C)C)c3)c(C(C)(C)C)c2)c1. The molecule has 0 saturated carbocycles. The van der Waals surface area contributed by atoms with Crippen LogP contribution in [0.25, 0.3) is 61.3 Å². The fourth-order valence-electron chi connectivity index (χ4n) is 9.42. The molecule has 3 heterocycles. The van der Waals surface area contributed by atoms with Gasteiger partial charge in [0.15, 0.2) is 0 Å². The third-order valence-electron chi connectivity index (χ3n) is 12.9. The van der Waals surface area contributed by atoms with Crippen LogP contribution in [0, 0.1) is 34.0 Å². The summed E-state index contributed by atoms with van der Waals surface area (Å²) < 4.78 is 13.7. The van der Waals surface area contributed by atoms with Crippen molar-refractivity contribution >= 4 is 21.8 Å². The minimum absolute atomic E-state index is 0.0163. The molecule has 0 aliphatic rings. The highest BCUT2D eigenvalue weighted by molar-refractivity contribution is 6.09. The number of pyridine rings is 1. The summed E-state index contributed by atoms with van der Waals surface area (Å²) in [6.45, 7) is 29.2. The summed E-state index contributed by atoms with van der Waals surface area (Å²) in [7, 11) is 0. The molecule has 9 rings (SSSR count).